The molecular weight excluding hydrogens is 258 g/mol. The van der Waals surface area contributed by atoms with Gasteiger partial charge >= 0.3 is 0 Å². The number of ether oxygens (including phenoxy) is 1. The summed E-state index contributed by atoms with van der Waals surface area (Å²) in [6, 6.07) is 0. The summed E-state index contributed by atoms with van der Waals surface area (Å²) in [7, 11) is 1.66. The lowest BCUT2D eigenvalue weighted by atomic mass is 10.2. The Hall–Kier alpha value is -1.73. The van der Waals surface area contributed by atoms with Crippen LogP contribution in [-0.2, 0) is 4.74 Å². The Bertz CT molecular complexity index is 437. The lowest BCUT2D eigenvalue weighted by Gasteiger charge is -2.11. The van der Waals surface area contributed by atoms with E-state index in [9.17, 15) is 4.79 Å². The van der Waals surface area contributed by atoms with Gasteiger partial charge in [0, 0.05) is 26.2 Å². The second kappa shape index (κ2) is 8.44. The third-order valence-electron chi connectivity index (χ3n) is 2.76. The summed E-state index contributed by atoms with van der Waals surface area (Å²) in [6.45, 7) is 5.21. The van der Waals surface area contributed by atoms with Crippen molar-refractivity contribution in [3.05, 3.63) is 17.7 Å². The number of carbonyl (C=O) groups excluding carboxylic acids is 1. The standard InChI is InChI=1S/C13H23N5O2/c1-9(2)12-16-8-10(18-14)11(17-12)13(19)15-6-4-5-7-20-3/h8-9,18H,4-7,14H2,1-3H3,(H,15,19). The molecule has 1 aromatic heterocycles. The van der Waals surface area contributed by atoms with Crippen LogP contribution in [0.5, 0.6) is 0 Å². The minimum Gasteiger partial charge on any atom is -0.385 e. The van der Waals surface area contributed by atoms with E-state index >= 15 is 0 Å². The second-order valence-electron chi connectivity index (χ2n) is 4.75. The maximum absolute atomic E-state index is 12.1. The van der Waals surface area contributed by atoms with Crippen LogP contribution in [0.15, 0.2) is 6.20 Å². The van der Waals surface area contributed by atoms with Crippen molar-refractivity contribution < 1.29 is 9.53 Å². The van der Waals surface area contributed by atoms with Gasteiger partial charge in [0.2, 0.25) is 0 Å². The molecule has 112 valence electrons. The van der Waals surface area contributed by atoms with Gasteiger partial charge in [-0.05, 0) is 12.8 Å². The molecule has 0 fully saturated rings. The van der Waals surface area contributed by atoms with E-state index in [2.05, 4.69) is 20.7 Å². The summed E-state index contributed by atoms with van der Waals surface area (Å²) in [5.74, 6) is 5.90. The number of amides is 1. The Morgan fingerprint density at radius 3 is 2.80 bits per heavy atom. The number of rotatable bonds is 8. The highest BCUT2D eigenvalue weighted by Gasteiger charge is 2.15. The maximum Gasteiger partial charge on any atom is 0.272 e. The van der Waals surface area contributed by atoms with Crippen LogP contribution < -0.4 is 16.6 Å². The van der Waals surface area contributed by atoms with Gasteiger partial charge < -0.3 is 15.5 Å². The van der Waals surface area contributed by atoms with Gasteiger partial charge in [-0.2, -0.15) is 0 Å². The fourth-order valence-corrected chi connectivity index (χ4v) is 1.61. The third kappa shape index (κ3) is 4.75. The predicted octanol–water partition coefficient (Wildman–Crippen LogP) is 1.04. The number of nitrogen functional groups attached to an aromatic ring is 1. The van der Waals surface area contributed by atoms with Crippen molar-refractivity contribution in [3.8, 4) is 0 Å². The van der Waals surface area contributed by atoms with E-state index in [1.807, 2.05) is 13.8 Å². The highest BCUT2D eigenvalue weighted by molar-refractivity contribution is 5.97. The molecule has 0 unspecified atom stereocenters. The number of hydrogen-bond donors (Lipinski definition) is 3. The molecule has 0 aromatic carbocycles. The zero-order chi connectivity index (χ0) is 15.0. The van der Waals surface area contributed by atoms with E-state index in [0.29, 0.717) is 24.7 Å². The summed E-state index contributed by atoms with van der Waals surface area (Å²) in [5, 5.41) is 2.82. The van der Waals surface area contributed by atoms with Gasteiger partial charge in [-0.25, -0.2) is 9.97 Å². The first-order chi connectivity index (χ1) is 9.60. The third-order valence-corrected chi connectivity index (χ3v) is 2.76. The molecule has 1 heterocycles. The molecular formula is C13H23N5O2. The van der Waals surface area contributed by atoms with Crippen LogP contribution in [0.4, 0.5) is 5.69 Å². The van der Waals surface area contributed by atoms with Gasteiger partial charge in [-0.15, -0.1) is 0 Å². The van der Waals surface area contributed by atoms with Crippen LogP contribution in [0.2, 0.25) is 0 Å². The zero-order valence-corrected chi connectivity index (χ0v) is 12.3. The minimum atomic E-state index is -0.250. The van der Waals surface area contributed by atoms with Crippen molar-refractivity contribution in [1.82, 2.24) is 15.3 Å². The summed E-state index contributed by atoms with van der Waals surface area (Å²) in [6.07, 6.45) is 3.29. The number of nitrogens with zero attached hydrogens (tertiary/aromatic N) is 2. The molecule has 1 rings (SSSR count). The fraction of sp³-hybridized carbons (Fsp3) is 0.615. The summed E-state index contributed by atoms with van der Waals surface area (Å²) >= 11 is 0. The average molecular weight is 281 g/mol. The van der Waals surface area contributed by atoms with Crippen LogP contribution in [0.25, 0.3) is 0 Å². The van der Waals surface area contributed by atoms with Gasteiger partial charge in [-0.1, -0.05) is 13.8 Å². The van der Waals surface area contributed by atoms with Crippen LogP contribution in [0.1, 0.15) is 48.9 Å². The van der Waals surface area contributed by atoms with Gasteiger partial charge in [0.1, 0.15) is 5.82 Å². The second-order valence-corrected chi connectivity index (χ2v) is 4.75. The Balaban J connectivity index is 2.67. The summed E-state index contributed by atoms with van der Waals surface area (Å²) in [5.41, 5.74) is 3.14. The molecule has 0 aliphatic carbocycles. The van der Waals surface area contributed by atoms with Gasteiger partial charge in [-0.3, -0.25) is 10.6 Å². The predicted molar refractivity (Wildman–Crippen MR) is 77.4 cm³/mol. The number of anilines is 1. The SMILES string of the molecule is COCCCCNC(=O)c1nc(C(C)C)ncc1NN. The number of hydrazine groups is 1. The van der Waals surface area contributed by atoms with Crippen LogP contribution in [-0.4, -0.2) is 36.1 Å². The van der Waals surface area contributed by atoms with Gasteiger partial charge in [0.25, 0.3) is 5.91 Å². The van der Waals surface area contributed by atoms with E-state index in [0.717, 1.165) is 12.8 Å². The van der Waals surface area contributed by atoms with E-state index in [-0.39, 0.29) is 17.5 Å². The van der Waals surface area contributed by atoms with E-state index in [4.69, 9.17) is 10.6 Å². The molecule has 7 heteroatoms. The first-order valence-corrected chi connectivity index (χ1v) is 6.70. The van der Waals surface area contributed by atoms with Gasteiger partial charge in [0.05, 0.1) is 11.9 Å². The lowest BCUT2D eigenvalue weighted by Crippen LogP contribution is -2.28. The number of hydrogen-bond acceptors (Lipinski definition) is 6. The number of aromatic nitrogens is 2. The smallest absolute Gasteiger partial charge is 0.272 e. The van der Waals surface area contributed by atoms with Crippen molar-refractivity contribution in [2.24, 2.45) is 5.84 Å². The van der Waals surface area contributed by atoms with Crippen LogP contribution >= 0.6 is 0 Å². The van der Waals surface area contributed by atoms with Crippen LogP contribution in [0, 0.1) is 0 Å². The Morgan fingerprint density at radius 1 is 1.45 bits per heavy atom. The highest BCUT2D eigenvalue weighted by atomic mass is 16.5. The highest BCUT2D eigenvalue weighted by Crippen LogP contribution is 2.15. The Kier molecular flexibility index (Phi) is 6.89. The maximum atomic E-state index is 12.1. The molecule has 20 heavy (non-hydrogen) atoms. The van der Waals surface area contributed by atoms with Crippen molar-refractivity contribution in [1.29, 1.82) is 0 Å². The molecule has 0 aliphatic rings. The molecule has 0 atom stereocenters. The minimum absolute atomic E-state index is 0.148. The molecule has 0 bridgehead atoms. The first kappa shape index (κ1) is 16.3. The van der Waals surface area contributed by atoms with E-state index < -0.39 is 0 Å². The number of methoxy groups -OCH3 is 1. The van der Waals surface area contributed by atoms with Crippen LogP contribution in [0.3, 0.4) is 0 Å². The topological polar surface area (TPSA) is 102 Å². The molecule has 0 spiro atoms. The van der Waals surface area contributed by atoms with E-state index in [1.165, 1.54) is 6.20 Å². The molecule has 0 saturated heterocycles. The van der Waals surface area contributed by atoms with Crippen molar-refractivity contribution in [3.63, 3.8) is 0 Å². The molecule has 1 aromatic rings. The molecule has 7 nitrogen and oxygen atoms in total. The Morgan fingerprint density at radius 2 is 2.20 bits per heavy atom. The quantitative estimate of drug-likeness (QED) is 0.374. The van der Waals surface area contributed by atoms with Gasteiger partial charge in [0.15, 0.2) is 5.69 Å². The van der Waals surface area contributed by atoms with Crippen molar-refractivity contribution >= 4 is 11.6 Å². The normalized spacial score (nSPS) is 10.7. The molecule has 0 radical (unpaired) electrons. The van der Waals surface area contributed by atoms with E-state index in [1.54, 1.807) is 7.11 Å². The largest absolute Gasteiger partial charge is 0.385 e. The first-order valence-electron chi connectivity index (χ1n) is 6.70. The number of unbranched alkanes of at least 4 members (excludes halogenated alkanes) is 1. The lowest BCUT2D eigenvalue weighted by molar-refractivity contribution is 0.0946. The molecule has 1 amide bonds. The van der Waals surface area contributed by atoms with Crippen molar-refractivity contribution in [2.45, 2.75) is 32.6 Å². The molecule has 4 N–H and O–H groups in total. The average Bonchev–Trinajstić information content (AvgIpc) is 2.46. The summed E-state index contributed by atoms with van der Waals surface area (Å²) < 4.78 is 4.95. The number of nitrogens with two attached hydrogens (primary N) is 1. The molecule has 0 aliphatic heterocycles. The zero-order valence-electron chi connectivity index (χ0n) is 12.3. The fourth-order valence-electron chi connectivity index (χ4n) is 1.61. The number of carbonyl (C=O) groups is 1. The Labute approximate surface area is 119 Å². The van der Waals surface area contributed by atoms with Crippen molar-refractivity contribution in [2.75, 3.05) is 25.7 Å². The monoisotopic (exact) mass is 281 g/mol. The number of nitrogens with one attached hydrogen (secondary N) is 2. The molecule has 0 saturated carbocycles. The summed E-state index contributed by atoms with van der Waals surface area (Å²) in [4.78, 5) is 20.5.